The Bertz CT molecular complexity index is 543. The number of nitrogens with two attached hydrogens (primary N) is 1. The van der Waals surface area contributed by atoms with Gasteiger partial charge in [-0.2, -0.15) is 4.98 Å². The van der Waals surface area contributed by atoms with E-state index in [2.05, 4.69) is 15.0 Å². The number of rotatable bonds is 2. The van der Waals surface area contributed by atoms with Gasteiger partial charge >= 0.3 is 0 Å². The summed E-state index contributed by atoms with van der Waals surface area (Å²) < 4.78 is 1.57. The van der Waals surface area contributed by atoms with E-state index in [9.17, 15) is 4.79 Å². The first kappa shape index (κ1) is 9.66. The van der Waals surface area contributed by atoms with Gasteiger partial charge in [0.15, 0.2) is 11.2 Å². The SMILES string of the molecule is C[C@H](CO)n1cnc2nc(N)[nH]c(=O)c21. The molecular formula is C8H11N5O2. The van der Waals surface area contributed by atoms with E-state index in [-0.39, 0.29) is 29.8 Å². The lowest BCUT2D eigenvalue weighted by Crippen LogP contribution is -2.17. The number of aromatic nitrogens is 4. The maximum absolute atomic E-state index is 11.6. The Labute approximate surface area is 84.6 Å². The number of anilines is 1. The number of aliphatic hydroxyl groups is 1. The van der Waals surface area contributed by atoms with E-state index in [4.69, 9.17) is 10.8 Å². The number of hydrogen-bond acceptors (Lipinski definition) is 5. The first-order valence-corrected chi connectivity index (χ1v) is 4.46. The van der Waals surface area contributed by atoms with Crippen LogP contribution in [0.4, 0.5) is 5.95 Å². The third-order valence-corrected chi connectivity index (χ3v) is 2.20. The van der Waals surface area contributed by atoms with Crippen LogP contribution in [0.3, 0.4) is 0 Å². The van der Waals surface area contributed by atoms with Crippen molar-refractivity contribution in [3.8, 4) is 0 Å². The van der Waals surface area contributed by atoms with Crippen LogP contribution < -0.4 is 11.3 Å². The van der Waals surface area contributed by atoms with E-state index in [0.29, 0.717) is 5.52 Å². The Balaban J connectivity index is 2.75. The van der Waals surface area contributed by atoms with Gasteiger partial charge in [0.2, 0.25) is 5.95 Å². The topological polar surface area (TPSA) is 110 Å². The molecule has 2 heterocycles. The van der Waals surface area contributed by atoms with Crippen molar-refractivity contribution in [2.75, 3.05) is 12.3 Å². The molecule has 0 saturated carbocycles. The van der Waals surface area contributed by atoms with E-state index < -0.39 is 0 Å². The van der Waals surface area contributed by atoms with Gasteiger partial charge in [0.25, 0.3) is 5.56 Å². The van der Waals surface area contributed by atoms with Crippen LogP contribution in [0.25, 0.3) is 11.2 Å². The molecule has 0 fully saturated rings. The smallest absolute Gasteiger partial charge is 0.278 e. The van der Waals surface area contributed by atoms with Crippen LogP contribution in [0.1, 0.15) is 13.0 Å². The number of H-pyrrole nitrogens is 1. The average Bonchev–Trinajstić information content (AvgIpc) is 2.60. The van der Waals surface area contributed by atoms with Crippen molar-refractivity contribution in [3.05, 3.63) is 16.7 Å². The van der Waals surface area contributed by atoms with Gasteiger partial charge in [-0.15, -0.1) is 0 Å². The van der Waals surface area contributed by atoms with Crippen molar-refractivity contribution in [1.29, 1.82) is 0 Å². The van der Waals surface area contributed by atoms with Crippen LogP contribution in [0, 0.1) is 0 Å². The predicted octanol–water partition coefficient (Wildman–Crippen LogP) is -0.745. The maximum atomic E-state index is 11.6. The van der Waals surface area contributed by atoms with Gasteiger partial charge in [-0.05, 0) is 6.92 Å². The number of imidazole rings is 1. The fourth-order valence-electron chi connectivity index (χ4n) is 1.39. The van der Waals surface area contributed by atoms with E-state index in [0.717, 1.165) is 0 Å². The highest BCUT2D eigenvalue weighted by molar-refractivity contribution is 5.70. The van der Waals surface area contributed by atoms with Gasteiger partial charge in [-0.1, -0.05) is 0 Å². The molecule has 80 valence electrons. The van der Waals surface area contributed by atoms with Crippen LogP contribution in [0.5, 0.6) is 0 Å². The molecule has 0 aromatic carbocycles. The van der Waals surface area contributed by atoms with Crippen LogP contribution in [0.2, 0.25) is 0 Å². The van der Waals surface area contributed by atoms with Gasteiger partial charge in [-0.25, -0.2) is 4.98 Å². The third-order valence-electron chi connectivity index (χ3n) is 2.20. The highest BCUT2D eigenvalue weighted by atomic mass is 16.3. The monoisotopic (exact) mass is 209 g/mol. The molecule has 2 aromatic heterocycles. The standard InChI is InChI=1S/C8H11N5O2/c1-4(2-14)13-3-10-6-5(13)7(15)12-8(9)11-6/h3-4,14H,2H2,1H3,(H3,9,11,12,15)/t4-/m1/s1. The summed E-state index contributed by atoms with van der Waals surface area (Å²) in [4.78, 5) is 21.8. The highest BCUT2D eigenvalue weighted by Gasteiger charge is 2.12. The predicted molar refractivity (Wildman–Crippen MR) is 54.4 cm³/mol. The minimum Gasteiger partial charge on any atom is -0.394 e. The van der Waals surface area contributed by atoms with Crippen LogP contribution in [-0.2, 0) is 0 Å². The average molecular weight is 209 g/mol. The summed E-state index contributed by atoms with van der Waals surface area (Å²) >= 11 is 0. The normalized spacial score (nSPS) is 13.2. The first-order valence-electron chi connectivity index (χ1n) is 4.46. The molecule has 0 aliphatic heterocycles. The summed E-state index contributed by atoms with van der Waals surface area (Å²) in [7, 11) is 0. The van der Waals surface area contributed by atoms with E-state index in [1.165, 1.54) is 6.33 Å². The molecular weight excluding hydrogens is 198 g/mol. The van der Waals surface area contributed by atoms with E-state index in [1.807, 2.05) is 0 Å². The van der Waals surface area contributed by atoms with E-state index >= 15 is 0 Å². The summed E-state index contributed by atoms with van der Waals surface area (Å²) in [6.07, 6.45) is 1.47. The molecule has 2 aromatic rings. The molecule has 4 N–H and O–H groups in total. The summed E-state index contributed by atoms with van der Waals surface area (Å²) in [5.74, 6) is 0.0365. The molecule has 0 aliphatic carbocycles. The molecule has 0 radical (unpaired) electrons. The zero-order valence-corrected chi connectivity index (χ0v) is 8.14. The number of nitrogens with zero attached hydrogens (tertiary/aromatic N) is 3. The summed E-state index contributed by atoms with van der Waals surface area (Å²) in [5.41, 5.74) is 5.64. The number of nitrogens with one attached hydrogen (secondary N) is 1. The van der Waals surface area contributed by atoms with Crippen molar-refractivity contribution >= 4 is 17.1 Å². The number of aliphatic hydroxyl groups excluding tert-OH is 1. The lowest BCUT2D eigenvalue weighted by molar-refractivity contribution is 0.241. The second kappa shape index (κ2) is 3.35. The van der Waals surface area contributed by atoms with Crippen LogP contribution in [-0.4, -0.2) is 31.2 Å². The maximum Gasteiger partial charge on any atom is 0.278 e. The van der Waals surface area contributed by atoms with Crippen molar-refractivity contribution in [3.63, 3.8) is 0 Å². The molecule has 0 spiro atoms. The van der Waals surface area contributed by atoms with Gasteiger partial charge in [0.1, 0.15) is 0 Å². The molecule has 15 heavy (non-hydrogen) atoms. The van der Waals surface area contributed by atoms with Gasteiger partial charge in [0.05, 0.1) is 19.0 Å². The zero-order valence-electron chi connectivity index (χ0n) is 8.14. The molecule has 0 aliphatic rings. The third kappa shape index (κ3) is 1.46. The van der Waals surface area contributed by atoms with Crippen molar-refractivity contribution < 1.29 is 5.11 Å². The minimum absolute atomic E-state index is 0.0365. The Kier molecular flexibility index (Phi) is 2.16. The molecule has 7 heteroatoms. The Morgan fingerprint density at radius 3 is 3.13 bits per heavy atom. The quantitative estimate of drug-likeness (QED) is 0.603. The van der Waals surface area contributed by atoms with Gasteiger partial charge in [-0.3, -0.25) is 9.78 Å². The minimum atomic E-state index is -0.352. The first-order chi connectivity index (χ1) is 7.13. The van der Waals surface area contributed by atoms with Gasteiger partial charge in [0, 0.05) is 0 Å². The summed E-state index contributed by atoms with van der Waals surface area (Å²) in [6, 6.07) is -0.221. The lowest BCUT2D eigenvalue weighted by atomic mass is 10.3. The largest absolute Gasteiger partial charge is 0.394 e. The molecule has 2 rings (SSSR count). The van der Waals surface area contributed by atoms with Crippen LogP contribution in [0.15, 0.2) is 11.1 Å². The molecule has 0 bridgehead atoms. The van der Waals surface area contributed by atoms with Gasteiger partial charge < -0.3 is 15.4 Å². The summed E-state index contributed by atoms with van der Waals surface area (Å²) in [6.45, 7) is 1.70. The van der Waals surface area contributed by atoms with Crippen molar-refractivity contribution in [1.82, 2.24) is 19.5 Å². The fourth-order valence-corrected chi connectivity index (χ4v) is 1.39. The van der Waals surface area contributed by atoms with E-state index in [1.54, 1.807) is 11.5 Å². The zero-order chi connectivity index (χ0) is 11.0. The summed E-state index contributed by atoms with van der Waals surface area (Å²) in [5, 5.41) is 9.01. The van der Waals surface area contributed by atoms with Crippen LogP contribution >= 0.6 is 0 Å². The lowest BCUT2D eigenvalue weighted by Gasteiger charge is -2.09. The molecule has 1 atom stereocenters. The highest BCUT2D eigenvalue weighted by Crippen LogP contribution is 2.12. The molecule has 0 saturated heterocycles. The molecule has 0 amide bonds. The number of nitrogen functional groups attached to an aromatic ring is 1. The number of hydrogen-bond donors (Lipinski definition) is 3. The Hall–Kier alpha value is -1.89. The fraction of sp³-hybridized carbons (Fsp3) is 0.375. The Morgan fingerprint density at radius 2 is 2.47 bits per heavy atom. The molecule has 0 unspecified atom stereocenters. The second-order valence-corrected chi connectivity index (χ2v) is 3.31. The van der Waals surface area contributed by atoms with Crippen molar-refractivity contribution in [2.24, 2.45) is 0 Å². The Morgan fingerprint density at radius 1 is 1.73 bits per heavy atom. The second-order valence-electron chi connectivity index (χ2n) is 3.31. The number of fused-ring (bicyclic) bond motifs is 1. The number of aromatic amines is 1. The van der Waals surface area contributed by atoms with Crippen molar-refractivity contribution in [2.45, 2.75) is 13.0 Å². The molecule has 7 nitrogen and oxygen atoms in total.